The topological polar surface area (TPSA) is 144 Å². The van der Waals surface area contributed by atoms with Crippen molar-refractivity contribution >= 4 is 17.7 Å². The predicted molar refractivity (Wildman–Crippen MR) is 111 cm³/mol. The maximum Gasteiger partial charge on any atom is 0.300 e. The molecule has 30 heavy (non-hydrogen) atoms. The molecule has 2 aromatic rings. The average Bonchev–Trinajstić information content (AvgIpc) is 2.99. The number of carboxylic acids is 1. The first-order valence-corrected chi connectivity index (χ1v) is 9.94. The van der Waals surface area contributed by atoms with Crippen LogP contribution in [0.2, 0.25) is 0 Å². The summed E-state index contributed by atoms with van der Waals surface area (Å²) in [4.78, 5) is 33.8. The molecular weight excluding hydrogens is 388 g/mol. The number of carbonyl (C=O) groups is 2. The summed E-state index contributed by atoms with van der Waals surface area (Å²) >= 11 is 0. The molecule has 0 radical (unpaired) electrons. The molecule has 1 amide bonds. The highest BCUT2D eigenvalue weighted by atomic mass is 16.4. The Labute approximate surface area is 174 Å². The zero-order valence-electron chi connectivity index (χ0n) is 17.2. The maximum atomic E-state index is 12.5. The molecule has 2 bridgehead atoms. The Morgan fingerprint density at radius 3 is 2.77 bits per heavy atom. The highest BCUT2D eigenvalue weighted by molar-refractivity contribution is 5.76. The summed E-state index contributed by atoms with van der Waals surface area (Å²) in [6.45, 7) is 5.19. The second-order valence-electron chi connectivity index (χ2n) is 7.77. The number of nitrogens with one attached hydrogen (secondary N) is 2. The molecule has 3 atom stereocenters. The lowest BCUT2D eigenvalue weighted by atomic mass is 9.79. The molecule has 10 heteroatoms. The SMILES string of the molecule is CC(=O)O.Cc1cc(N)n(CC(=O)NC[C@H]2[C@@H]3CNC[C@@H](C3)c3cccc(=O)n32)n1. The van der Waals surface area contributed by atoms with Gasteiger partial charge in [-0.2, -0.15) is 5.10 Å². The third kappa shape index (κ3) is 4.88. The Morgan fingerprint density at radius 2 is 2.10 bits per heavy atom. The molecule has 10 nitrogen and oxygen atoms in total. The van der Waals surface area contributed by atoms with Gasteiger partial charge in [0.2, 0.25) is 5.91 Å². The van der Waals surface area contributed by atoms with Crippen molar-refractivity contribution in [3.05, 3.63) is 46.0 Å². The van der Waals surface area contributed by atoms with Crippen molar-refractivity contribution in [1.82, 2.24) is 25.0 Å². The number of aliphatic carboxylic acids is 1. The van der Waals surface area contributed by atoms with Crippen LogP contribution < -0.4 is 21.9 Å². The summed E-state index contributed by atoms with van der Waals surface area (Å²) in [6.07, 6.45) is 1.04. The predicted octanol–water partition coefficient (Wildman–Crippen LogP) is 0.0905. The molecule has 1 fully saturated rings. The number of nitrogens with two attached hydrogens (primary N) is 1. The van der Waals surface area contributed by atoms with Crippen molar-refractivity contribution < 1.29 is 14.7 Å². The van der Waals surface area contributed by atoms with Crippen molar-refractivity contribution in [2.45, 2.75) is 38.8 Å². The van der Waals surface area contributed by atoms with E-state index in [9.17, 15) is 9.59 Å². The Bertz CT molecular complexity index is 978. The summed E-state index contributed by atoms with van der Waals surface area (Å²) in [5.74, 6) is 0.174. The number of rotatable bonds is 4. The van der Waals surface area contributed by atoms with E-state index in [4.69, 9.17) is 15.6 Å². The molecule has 2 aromatic heterocycles. The standard InChI is InChI=1S/C18H24N6O2.C2H4O2/c1-11-5-16(19)23(22-11)10-17(25)21-9-15-13-6-12(7-20-8-13)14-3-2-4-18(26)24(14)15;1-2(3)4/h2-5,12-13,15,20H,6-10,19H2,1H3,(H,21,25);1H3,(H,3,4)/t12-,13+,15+;/m1./s1. The largest absolute Gasteiger partial charge is 0.481 e. The minimum absolute atomic E-state index is 0.00490. The van der Waals surface area contributed by atoms with E-state index in [0.717, 1.165) is 37.8 Å². The first kappa shape index (κ1) is 21.6. The molecule has 5 N–H and O–H groups in total. The summed E-state index contributed by atoms with van der Waals surface area (Å²) in [7, 11) is 0. The van der Waals surface area contributed by atoms with Crippen LogP contribution in [0, 0.1) is 12.8 Å². The molecule has 2 aliphatic rings. The number of hydrogen-bond acceptors (Lipinski definition) is 6. The number of fused-ring (bicyclic) bond motifs is 4. The van der Waals surface area contributed by atoms with E-state index in [0.29, 0.717) is 24.2 Å². The quantitative estimate of drug-likeness (QED) is 0.553. The van der Waals surface area contributed by atoms with Gasteiger partial charge in [-0.15, -0.1) is 0 Å². The van der Waals surface area contributed by atoms with Crippen LogP contribution in [0.4, 0.5) is 5.82 Å². The molecule has 0 spiro atoms. The van der Waals surface area contributed by atoms with E-state index in [1.807, 2.05) is 23.6 Å². The summed E-state index contributed by atoms with van der Waals surface area (Å²) < 4.78 is 3.37. The van der Waals surface area contributed by atoms with Crippen LogP contribution in [0.5, 0.6) is 0 Å². The van der Waals surface area contributed by atoms with Crippen molar-refractivity contribution in [3.63, 3.8) is 0 Å². The van der Waals surface area contributed by atoms with E-state index >= 15 is 0 Å². The van der Waals surface area contributed by atoms with E-state index in [1.165, 1.54) is 4.68 Å². The maximum absolute atomic E-state index is 12.5. The van der Waals surface area contributed by atoms with Gasteiger partial charge in [-0.1, -0.05) is 6.07 Å². The van der Waals surface area contributed by atoms with Crippen LogP contribution in [-0.2, 0) is 16.1 Å². The van der Waals surface area contributed by atoms with Gasteiger partial charge in [0.25, 0.3) is 11.5 Å². The van der Waals surface area contributed by atoms with Crippen LogP contribution in [0.25, 0.3) is 0 Å². The Balaban J connectivity index is 0.000000589. The van der Waals surface area contributed by atoms with Crippen LogP contribution >= 0.6 is 0 Å². The van der Waals surface area contributed by atoms with E-state index in [1.54, 1.807) is 12.1 Å². The van der Waals surface area contributed by atoms with Gasteiger partial charge in [0.15, 0.2) is 0 Å². The Morgan fingerprint density at radius 1 is 1.37 bits per heavy atom. The Kier molecular flexibility index (Phi) is 6.56. The fourth-order valence-corrected chi connectivity index (χ4v) is 4.27. The zero-order valence-corrected chi connectivity index (χ0v) is 17.2. The molecule has 4 heterocycles. The monoisotopic (exact) mass is 416 g/mol. The average molecular weight is 416 g/mol. The molecule has 1 saturated heterocycles. The fourth-order valence-electron chi connectivity index (χ4n) is 4.27. The molecular formula is C20H28N6O4. The number of nitrogen functional groups attached to an aromatic ring is 1. The fraction of sp³-hybridized carbons (Fsp3) is 0.500. The number of anilines is 1. The molecule has 0 aliphatic carbocycles. The van der Waals surface area contributed by atoms with Gasteiger partial charge < -0.3 is 26.0 Å². The van der Waals surface area contributed by atoms with Gasteiger partial charge >= 0.3 is 0 Å². The lowest BCUT2D eigenvalue weighted by Crippen LogP contribution is -2.50. The van der Waals surface area contributed by atoms with Crippen LogP contribution in [0.3, 0.4) is 0 Å². The van der Waals surface area contributed by atoms with Crippen LogP contribution in [0.15, 0.2) is 29.1 Å². The van der Waals surface area contributed by atoms with Gasteiger partial charge in [-0.3, -0.25) is 14.4 Å². The molecule has 162 valence electrons. The molecule has 2 aliphatic heterocycles. The van der Waals surface area contributed by atoms with Crippen molar-refractivity contribution in [2.75, 3.05) is 25.4 Å². The highest BCUT2D eigenvalue weighted by Gasteiger charge is 2.37. The van der Waals surface area contributed by atoms with E-state index < -0.39 is 5.97 Å². The number of hydrogen-bond donors (Lipinski definition) is 4. The number of carboxylic acid groups (broad SMARTS) is 1. The molecule has 0 saturated carbocycles. The third-order valence-corrected chi connectivity index (χ3v) is 5.43. The summed E-state index contributed by atoms with van der Waals surface area (Å²) in [6, 6.07) is 7.14. The van der Waals surface area contributed by atoms with Gasteiger partial charge in [-0.05, 0) is 25.3 Å². The number of aromatic nitrogens is 3. The van der Waals surface area contributed by atoms with Crippen molar-refractivity contribution in [3.8, 4) is 0 Å². The minimum Gasteiger partial charge on any atom is -0.481 e. The highest BCUT2D eigenvalue weighted by Crippen LogP contribution is 2.37. The van der Waals surface area contributed by atoms with Crippen LogP contribution in [-0.4, -0.2) is 51.0 Å². The molecule has 0 unspecified atom stereocenters. The summed E-state index contributed by atoms with van der Waals surface area (Å²) in [5.41, 5.74) is 7.69. The Hall–Kier alpha value is -3.14. The normalized spacial score (nSPS) is 21.7. The van der Waals surface area contributed by atoms with Crippen molar-refractivity contribution in [1.29, 1.82) is 0 Å². The van der Waals surface area contributed by atoms with Gasteiger partial charge in [-0.25, -0.2) is 4.68 Å². The first-order valence-electron chi connectivity index (χ1n) is 9.94. The van der Waals surface area contributed by atoms with Gasteiger partial charge in [0, 0.05) is 50.3 Å². The number of pyridine rings is 1. The van der Waals surface area contributed by atoms with Gasteiger partial charge in [0.05, 0.1) is 11.7 Å². The molecule has 4 rings (SSSR count). The molecule has 0 aromatic carbocycles. The van der Waals surface area contributed by atoms with E-state index in [-0.39, 0.29) is 24.1 Å². The summed E-state index contributed by atoms with van der Waals surface area (Å²) in [5, 5.41) is 18.0. The number of nitrogens with zero attached hydrogens (tertiary/aromatic N) is 3. The van der Waals surface area contributed by atoms with E-state index in [2.05, 4.69) is 15.7 Å². The number of carbonyl (C=O) groups excluding carboxylic acids is 1. The smallest absolute Gasteiger partial charge is 0.300 e. The lowest BCUT2D eigenvalue weighted by Gasteiger charge is -2.43. The van der Waals surface area contributed by atoms with Crippen LogP contribution in [0.1, 0.15) is 36.7 Å². The van der Waals surface area contributed by atoms with Crippen molar-refractivity contribution in [2.24, 2.45) is 5.92 Å². The second-order valence-corrected chi connectivity index (χ2v) is 7.77. The number of piperidine rings is 1. The lowest BCUT2D eigenvalue weighted by molar-refractivity contribution is -0.134. The number of aryl methyl sites for hydroxylation is 1. The zero-order chi connectivity index (χ0) is 21.8. The van der Waals surface area contributed by atoms with Gasteiger partial charge in [0.1, 0.15) is 12.4 Å². The first-order chi connectivity index (χ1) is 14.3. The third-order valence-electron chi connectivity index (χ3n) is 5.43. The number of amides is 1. The second kappa shape index (κ2) is 9.12. The minimum atomic E-state index is -0.833.